The minimum absolute atomic E-state index is 0.0458. The molecule has 25 heavy (non-hydrogen) atoms. The number of nitrogens with zero attached hydrogens (tertiary/aromatic N) is 4. The third-order valence-corrected chi connectivity index (χ3v) is 5.23. The summed E-state index contributed by atoms with van der Waals surface area (Å²) >= 11 is 5.80. The van der Waals surface area contributed by atoms with Gasteiger partial charge in [0.1, 0.15) is 10.7 Å². The Kier molecular flexibility index (Phi) is 3.01. The first-order valence-corrected chi connectivity index (χ1v) is 8.51. The standard InChI is InChI=1S/C19H16N4OS/c1-12-16(24-2)7-10-22-17(12)18(25)23-15-11-13(21-8-3-4-9-21)5-6-14(15)20-19(22)23/h3-11,16H,1-2H3. The van der Waals surface area contributed by atoms with Crippen LogP contribution in [0.25, 0.3) is 34.3 Å². The molecule has 0 fully saturated rings. The van der Waals surface area contributed by atoms with Gasteiger partial charge in [0, 0.05) is 31.4 Å². The molecule has 0 bridgehead atoms. The summed E-state index contributed by atoms with van der Waals surface area (Å²) in [6.45, 7) is 2.06. The Morgan fingerprint density at radius 3 is 2.76 bits per heavy atom. The number of ether oxygens (including phenoxy) is 1. The zero-order valence-corrected chi connectivity index (χ0v) is 14.7. The molecule has 0 amide bonds. The maximum Gasteiger partial charge on any atom is 0.220 e. The first-order chi connectivity index (χ1) is 12.2. The quantitative estimate of drug-likeness (QED) is 0.522. The number of hydrogen-bond donors (Lipinski definition) is 0. The highest BCUT2D eigenvalue weighted by molar-refractivity contribution is 7.71. The second kappa shape index (κ2) is 5.15. The second-order valence-electron chi connectivity index (χ2n) is 6.22. The number of methoxy groups -OCH3 is 1. The first-order valence-electron chi connectivity index (χ1n) is 8.10. The van der Waals surface area contributed by atoms with Crippen LogP contribution in [-0.2, 0) is 4.74 Å². The van der Waals surface area contributed by atoms with Crippen LogP contribution >= 0.6 is 12.2 Å². The van der Waals surface area contributed by atoms with Crippen molar-refractivity contribution in [3.8, 4) is 5.69 Å². The van der Waals surface area contributed by atoms with E-state index >= 15 is 0 Å². The molecule has 3 aromatic heterocycles. The van der Waals surface area contributed by atoms with Gasteiger partial charge in [0.2, 0.25) is 5.78 Å². The molecule has 124 valence electrons. The van der Waals surface area contributed by atoms with Gasteiger partial charge < -0.3 is 9.30 Å². The van der Waals surface area contributed by atoms with Gasteiger partial charge in [0.05, 0.1) is 16.4 Å². The van der Waals surface area contributed by atoms with E-state index in [1.54, 1.807) is 7.11 Å². The van der Waals surface area contributed by atoms with E-state index in [-0.39, 0.29) is 6.10 Å². The zero-order chi connectivity index (χ0) is 17.1. The molecule has 1 unspecified atom stereocenters. The zero-order valence-electron chi connectivity index (χ0n) is 13.9. The van der Waals surface area contributed by atoms with Crippen molar-refractivity contribution in [1.29, 1.82) is 0 Å². The smallest absolute Gasteiger partial charge is 0.220 e. The van der Waals surface area contributed by atoms with Crippen molar-refractivity contribution in [1.82, 2.24) is 18.5 Å². The van der Waals surface area contributed by atoms with Crippen LogP contribution in [0.4, 0.5) is 0 Å². The number of fused-ring (bicyclic) bond motifs is 5. The summed E-state index contributed by atoms with van der Waals surface area (Å²) < 4.78 is 12.5. The number of aromatic nitrogens is 4. The largest absolute Gasteiger partial charge is 0.373 e. The topological polar surface area (TPSA) is 36.4 Å². The van der Waals surface area contributed by atoms with E-state index in [2.05, 4.69) is 32.6 Å². The molecular weight excluding hydrogens is 332 g/mol. The van der Waals surface area contributed by atoms with Crippen LogP contribution in [-0.4, -0.2) is 31.7 Å². The van der Waals surface area contributed by atoms with Crippen LogP contribution in [0.15, 0.2) is 48.8 Å². The van der Waals surface area contributed by atoms with E-state index in [9.17, 15) is 0 Å². The molecule has 6 heteroatoms. The number of hydrogen-bond acceptors (Lipinski definition) is 3. The molecule has 5 nitrogen and oxygen atoms in total. The normalized spacial score (nSPS) is 16.9. The predicted octanol–water partition coefficient (Wildman–Crippen LogP) is 3.20. The molecule has 1 atom stereocenters. The van der Waals surface area contributed by atoms with Gasteiger partial charge in [-0.15, -0.1) is 0 Å². The highest BCUT2D eigenvalue weighted by Crippen LogP contribution is 2.23. The lowest BCUT2D eigenvalue weighted by molar-refractivity contribution is 0.182. The summed E-state index contributed by atoms with van der Waals surface area (Å²) in [4.78, 5) is 4.80. The van der Waals surface area contributed by atoms with Gasteiger partial charge in [-0.2, -0.15) is 0 Å². The molecule has 0 saturated heterocycles. The van der Waals surface area contributed by atoms with Crippen LogP contribution < -0.4 is 5.35 Å². The summed E-state index contributed by atoms with van der Waals surface area (Å²) in [6, 6.07) is 10.3. The Hall–Kier alpha value is -2.70. The van der Waals surface area contributed by atoms with Crippen LogP contribution in [0.3, 0.4) is 0 Å². The van der Waals surface area contributed by atoms with Crippen molar-refractivity contribution < 1.29 is 4.74 Å². The lowest BCUT2D eigenvalue weighted by Gasteiger charge is -2.15. The van der Waals surface area contributed by atoms with Crippen molar-refractivity contribution in [2.75, 3.05) is 7.11 Å². The lowest BCUT2D eigenvalue weighted by Crippen LogP contribution is -2.26. The van der Waals surface area contributed by atoms with Gasteiger partial charge in [-0.1, -0.05) is 12.2 Å². The van der Waals surface area contributed by atoms with Gasteiger partial charge in [0.25, 0.3) is 0 Å². The van der Waals surface area contributed by atoms with E-state index in [1.807, 2.05) is 42.9 Å². The molecule has 1 aliphatic heterocycles. The van der Waals surface area contributed by atoms with Crippen molar-refractivity contribution in [3.05, 3.63) is 58.8 Å². The maximum atomic E-state index is 5.80. The average Bonchev–Trinajstić information content (AvgIpc) is 3.32. The van der Waals surface area contributed by atoms with Gasteiger partial charge in [-0.25, -0.2) is 4.98 Å². The van der Waals surface area contributed by atoms with Crippen molar-refractivity contribution in [2.24, 2.45) is 0 Å². The molecule has 0 spiro atoms. The van der Waals surface area contributed by atoms with E-state index < -0.39 is 0 Å². The van der Waals surface area contributed by atoms with Gasteiger partial charge in [-0.3, -0.25) is 8.97 Å². The molecule has 0 saturated carbocycles. The molecule has 0 aliphatic carbocycles. The van der Waals surface area contributed by atoms with E-state index in [1.165, 1.54) is 0 Å². The van der Waals surface area contributed by atoms with Crippen LogP contribution in [0.2, 0.25) is 0 Å². The summed E-state index contributed by atoms with van der Waals surface area (Å²) in [6.07, 6.45) is 8.04. The molecular formula is C19H16N4OS. The number of benzene rings is 1. The average molecular weight is 348 g/mol. The summed E-state index contributed by atoms with van der Waals surface area (Å²) in [5.41, 5.74) is 4.15. The number of rotatable bonds is 2. The predicted molar refractivity (Wildman–Crippen MR) is 101 cm³/mol. The maximum absolute atomic E-state index is 5.80. The Bertz CT molecular complexity index is 1260. The molecule has 0 N–H and O–H groups in total. The molecule has 1 aromatic carbocycles. The third-order valence-electron chi connectivity index (χ3n) is 4.85. The highest BCUT2D eigenvalue weighted by Gasteiger charge is 2.20. The Morgan fingerprint density at radius 2 is 2.00 bits per heavy atom. The van der Waals surface area contributed by atoms with Crippen molar-refractivity contribution >= 4 is 40.8 Å². The Labute approximate surface area is 149 Å². The fraction of sp³-hybridized carbons (Fsp3) is 0.158. The van der Waals surface area contributed by atoms with Crippen LogP contribution in [0.5, 0.6) is 0 Å². The molecule has 4 heterocycles. The van der Waals surface area contributed by atoms with Gasteiger partial charge in [-0.05, 0) is 48.9 Å². The molecule has 5 rings (SSSR count). The molecule has 4 aromatic rings. The minimum Gasteiger partial charge on any atom is -0.373 e. The van der Waals surface area contributed by atoms with Crippen LogP contribution in [0, 0.1) is 4.64 Å². The lowest BCUT2D eigenvalue weighted by atomic mass is 10.1. The minimum atomic E-state index is -0.0458. The monoisotopic (exact) mass is 348 g/mol. The molecule has 1 aliphatic rings. The fourth-order valence-electron chi connectivity index (χ4n) is 3.59. The summed E-state index contributed by atoms with van der Waals surface area (Å²) in [5.74, 6) is 0.838. The van der Waals surface area contributed by atoms with Crippen molar-refractivity contribution in [3.63, 3.8) is 0 Å². The number of imidazole rings is 2. The summed E-state index contributed by atoms with van der Waals surface area (Å²) in [7, 11) is 1.71. The van der Waals surface area contributed by atoms with Crippen LogP contribution in [0.1, 0.15) is 6.92 Å². The Balaban J connectivity index is 1.89. The molecule has 0 radical (unpaired) electrons. The van der Waals surface area contributed by atoms with Crippen molar-refractivity contribution in [2.45, 2.75) is 13.0 Å². The van der Waals surface area contributed by atoms with E-state index in [0.29, 0.717) is 0 Å². The second-order valence-corrected chi connectivity index (χ2v) is 6.60. The first kappa shape index (κ1) is 14.6. The van der Waals surface area contributed by atoms with E-state index in [4.69, 9.17) is 21.9 Å². The van der Waals surface area contributed by atoms with E-state index in [0.717, 1.165) is 38.1 Å². The Morgan fingerprint density at radius 1 is 1.20 bits per heavy atom. The highest BCUT2D eigenvalue weighted by atomic mass is 32.1. The third kappa shape index (κ3) is 1.92. The fourth-order valence-corrected chi connectivity index (χ4v) is 4.03. The van der Waals surface area contributed by atoms with Gasteiger partial charge >= 0.3 is 0 Å². The summed E-state index contributed by atoms with van der Waals surface area (Å²) in [5, 5.41) is 1.00. The van der Waals surface area contributed by atoms with Gasteiger partial charge in [0.15, 0.2) is 0 Å². The SMILES string of the molecule is COC1C=Cn2c(c(=S)n3c4cc(-n5cccc5)ccc4nc23)=C1C.